The molecule has 0 radical (unpaired) electrons. The monoisotopic (exact) mass is 596 g/mol. The molecule has 2 saturated heterocycles. The number of hydrogen-bond donors (Lipinski definition) is 1. The van der Waals surface area contributed by atoms with Gasteiger partial charge in [0.2, 0.25) is 0 Å². The Morgan fingerprint density at radius 2 is 1.40 bits per heavy atom. The minimum Gasteiger partial charge on any atom is -0.462 e. The molecule has 1 unspecified atom stereocenters. The molecule has 0 bridgehead atoms. The Labute approximate surface area is 260 Å². The largest absolute Gasteiger partial charge is 0.462 e. The standard InChI is InChI=1S/C35H69N3O4/c1-16-17-18-36(26-19-34(11,12)38(41-15)35(13,14)20-26)23-27(39)24-37-32(7,8)21-28(22-33(37,9)10)42-29(40)31(5,6)25-30(2,3)4/h26-28,39H,16-25H2,1-15H3. The van der Waals surface area contributed by atoms with Gasteiger partial charge in [-0.15, -0.1) is 0 Å². The lowest BCUT2D eigenvalue weighted by atomic mass is 9.75. The molecule has 0 aromatic rings. The fourth-order valence-electron chi connectivity index (χ4n) is 8.80. The van der Waals surface area contributed by atoms with Gasteiger partial charge in [0.05, 0.1) is 18.6 Å². The molecule has 1 atom stereocenters. The summed E-state index contributed by atoms with van der Waals surface area (Å²) >= 11 is 0. The summed E-state index contributed by atoms with van der Waals surface area (Å²) in [6.07, 6.45) is 5.95. The number of nitrogens with zero attached hydrogens (tertiary/aromatic N) is 3. The van der Waals surface area contributed by atoms with Crippen molar-refractivity contribution in [2.45, 2.75) is 182 Å². The van der Waals surface area contributed by atoms with E-state index in [9.17, 15) is 9.90 Å². The van der Waals surface area contributed by atoms with Gasteiger partial charge in [-0.3, -0.25) is 14.6 Å². The number of unbranched alkanes of at least 4 members (excludes halogenated alkanes) is 1. The molecule has 2 aliphatic rings. The molecule has 7 nitrogen and oxygen atoms in total. The molecule has 7 heteroatoms. The number of hydroxylamine groups is 2. The van der Waals surface area contributed by atoms with Crippen molar-refractivity contribution in [1.82, 2.24) is 14.9 Å². The first-order valence-corrected chi connectivity index (χ1v) is 16.6. The highest BCUT2D eigenvalue weighted by Crippen LogP contribution is 2.43. The molecular weight excluding hydrogens is 526 g/mol. The molecule has 1 N–H and O–H groups in total. The van der Waals surface area contributed by atoms with Crippen LogP contribution in [0.5, 0.6) is 0 Å². The Balaban J connectivity index is 2.15. The Morgan fingerprint density at radius 1 is 0.905 bits per heavy atom. The first-order valence-electron chi connectivity index (χ1n) is 16.6. The topological polar surface area (TPSA) is 65.5 Å². The number of esters is 1. The summed E-state index contributed by atoms with van der Waals surface area (Å²) in [4.78, 5) is 24.2. The van der Waals surface area contributed by atoms with Crippen LogP contribution >= 0.6 is 0 Å². The van der Waals surface area contributed by atoms with Crippen molar-refractivity contribution in [1.29, 1.82) is 0 Å². The summed E-state index contributed by atoms with van der Waals surface area (Å²) in [5.74, 6) is -0.0977. The molecule has 2 heterocycles. The third-order valence-corrected chi connectivity index (χ3v) is 9.62. The van der Waals surface area contributed by atoms with E-state index in [2.05, 4.69) is 97.9 Å². The van der Waals surface area contributed by atoms with E-state index < -0.39 is 11.5 Å². The Morgan fingerprint density at radius 3 is 1.83 bits per heavy atom. The van der Waals surface area contributed by atoms with Gasteiger partial charge in [-0.05, 0) is 107 Å². The van der Waals surface area contributed by atoms with Gasteiger partial charge in [-0.2, -0.15) is 5.06 Å². The number of β-amino-alcohol motifs (C(OH)–C–C–N with tert-alkyl or cyclic N) is 1. The second-order valence-electron chi connectivity index (χ2n) is 18.0. The van der Waals surface area contributed by atoms with Crippen molar-refractivity contribution in [2.24, 2.45) is 10.8 Å². The molecule has 2 fully saturated rings. The van der Waals surface area contributed by atoms with Crippen molar-refractivity contribution in [3.05, 3.63) is 0 Å². The predicted molar refractivity (Wildman–Crippen MR) is 174 cm³/mol. The lowest BCUT2D eigenvalue weighted by molar-refractivity contribution is -0.272. The zero-order chi connectivity index (χ0) is 32.5. The maximum atomic E-state index is 13.3. The average molecular weight is 596 g/mol. The number of carbonyl (C=O) groups excluding carboxylic acids is 1. The molecule has 0 aromatic carbocycles. The van der Waals surface area contributed by atoms with Gasteiger partial charge in [-0.25, -0.2) is 0 Å². The number of aliphatic hydroxyl groups is 1. The number of hydrogen-bond acceptors (Lipinski definition) is 7. The Kier molecular flexibility index (Phi) is 11.9. The normalized spacial score (nSPS) is 24.6. The zero-order valence-corrected chi connectivity index (χ0v) is 30.3. The van der Waals surface area contributed by atoms with Crippen molar-refractivity contribution >= 4 is 5.97 Å². The van der Waals surface area contributed by atoms with E-state index in [0.29, 0.717) is 19.1 Å². The average Bonchev–Trinajstić information content (AvgIpc) is 2.75. The molecule has 0 saturated carbocycles. The number of rotatable bonds is 12. The molecule has 2 aliphatic heterocycles. The molecule has 248 valence electrons. The van der Waals surface area contributed by atoms with Crippen molar-refractivity contribution < 1.29 is 19.5 Å². The molecule has 42 heavy (non-hydrogen) atoms. The van der Waals surface area contributed by atoms with Gasteiger partial charge in [0, 0.05) is 54.1 Å². The summed E-state index contributed by atoms with van der Waals surface area (Å²) < 4.78 is 6.22. The minimum absolute atomic E-state index is 0.0534. The van der Waals surface area contributed by atoms with Crippen LogP contribution in [-0.4, -0.2) is 93.1 Å². The summed E-state index contributed by atoms with van der Waals surface area (Å²) in [6, 6.07) is 0.380. The lowest BCUT2D eigenvalue weighted by Gasteiger charge is -2.56. The number of aliphatic hydroxyl groups excluding tert-OH is 1. The van der Waals surface area contributed by atoms with Crippen molar-refractivity contribution in [3.63, 3.8) is 0 Å². The predicted octanol–water partition coefficient (Wildman–Crippen LogP) is 7.06. The van der Waals surface area contributed by atoms with Gasteiger partial charge in [0.1, 0.15) is 6.10 Å². The molecule has 0 aliphatic carbocycles. The van der Waals surface area contributed by atoms with E-state index in [0.717, 1.165) is 51.5 Å². The maximum absolute atomic E-state index is 13.3. The Bertz CT molecular complexity index is 853. The maximum Gasteiger partial charge on any atom is 0.311 e. The van der Waals surface area contributed by atoms with Crippen LogP contribution in [0.4, 0.5) is 0 Å². The van der Waals surface area contributed by atoms with Gasteiger partial charge in [-0.1, -0.05) is 34.1 Å². The lowest BCUT2D eigenvalue weighted by Crippen LogP contribution is -2.65. The highest BCUT2D eigenvalue weighted by molar-refractivity contribution is 5.76. The third kappa shape index (κ3) is 9.63. The molecule has 0 aromatic heterocycles. The van der Waals surface area contributed by atoms with Crippen LogP contribution in [0, 0.1) is 10.8 Å². The van der Waals surface area contributed by atoms with Crippen LogP contribution in [0.15, 0.2) is 0 Å². The zero-order valence-electron chi connectivity index (χ0n) is 30.3. The quantitative estimate of drug-likeness (QED) is 0.242. The first-order chi connectivity index (χ1) is 18.9. The van der Waals surface area contributed by atoms with Crippen molar-refractivity contribution in [3.8, 4) is 0 Å². The van der Waals surface area contributed by atoms with Gasteiger partial charge >= 0.3 is 5.97 Å². The van der Waals surface area contributed by atoms with Gasteiger partial charge in [0.25, 0.3) is 0 Å². The van der Waals surface area contributed by atoms with Crippen LogP contribution in [0.25, 0.3) is 0 Å². The van der Waals surface area contributed by atoms with E-state index >= 15 is 0 Å². The number of carbonyl (C=O) groups is 1. The van der Waals surface area contributed by atoms with E-state index in [1.165, 1.54) is 0 Å². The van der Waals surface area contributed by atoms with E-state index in [4.69, 9.17) is 9.57 Å². The third-order valence-electron chi connectivity index (χ3n) is 9.62. The molecule has 0 amide bonds. The SMILES string of the molecule is CCCCN(CC(O)CN1C(C)(C)CC(OC(=O)C(C)(C)CC(C)(C)C)CC1(C)C)C1CC(C)(C)N(OC)C(C)(C)C1. The minimum atomic E-state index is -0.523. The molecule has 2 rings (SSSR count). The summed E-state index contributed by atoms with van der Waals surface area (Å²) in [6.45, 7) is 33.1. The second kappa shape index (κ2) is 13.3. The smallest absolute Gasteiger partial charge is 0.311 e. The fraction of sp³-hybridized carbons (Fsp3) is 0.971. The van der Waals surface area contributed by atoms with Crippen LogP contribution in [-0.2, 0) is 14.4 Å². The summed E-state index contributed by atoms with van der Waals surface area (Å²) in [5, 5.41) is 13.8. The number of piperidine rings is 2. The van der Waals surface area contributed by atoms with Crippen LogP contribution in [0.3, 0.4) is 0 Å². The number of ether oxygens (including phenoxy) is 1. The Hall–Kier alpha value is -0.730. The molecular formula is C35H69N3O4. The van der Waals surface area contributed by atoms with Crippen molar-refractivity contribution in [2.75, 3.05) is 26.7 Å². The fourth-order valence-corrected chi connectivity index (χ4v) is 8.80. The molecule has 0 spiro atoms. The first kappa shape index (κ1) is 37.5. The van der Waals surface area contributed by atoms with Gasteiger partial charge in [0.15, 0.2) is 0 Å². The highest BCUT2D eigenvalue weighted by Gasteiger charge is 2.50. The summed E-state index contributed by atoms with van der Waals surface area (Å²) in [7, 11) is 1.78. The van der Waals surface area contributed by atoms with E-state index in [-0.39, 0.29) is 39.6 Å². The van der Waals surface area contributed by atoms with Crippen LogP contribution < -0.4 is 0 Å². The second-order valence-corrected chi connectivity index (χ2v) is 18.0. The van der Waals surface area contributed by atoms with Crippen LogP contribution in [0.2, 0.25) is 0 Å². The summed E-state index contributed by atoms with van der Waals surface area (Å²) in [5.41, 5.74) is -1.10. The van der Waals surface area contributed by atoms with E-state index in [1.807, 2.05) is 13.8 Å². The van der Waals surface area contributed by atoms with Crippen LogP contribution in [0.1, 0.15) is 142 Å². The number of likely N-dealkylation sites (tertiary alicyclic amines) is 1. The van der Waals surface area contributed by atoms with Gasteiger partial charge < -0.3 is 14.7 Å². The highest BCUT2D eigenvalue weighted by atomic mass is 16.7. The van der Waals surface area contributed by atoms with E-state index in [1.54, 1.807) is 7.11 Å².